The number of benzene rings is 1. The smallest absolute Gasteiger partial charge is 0.251 e. The van der Waals surface area contributed by atoms with Gasteiger partial charge < -0.3 is 20.5 Å². The first-order chi connectivity index (χ1) is 9.98. The van der Waals surface area contributed by atoms with Gasteiger partial charge in [0.05, 0.1) is 13.2 Å². The number of hydrogen-bond donors (Lipinski definition) is 3. The third kappa shape index (κ3) is 4.80. The minimum atomic E-state index is -0.996. The summed E-state index contributed by atoms with van der Waals surface area (Å²) in [7, 11) is 0. The summed E-state index contributed by atoms with van der Waals surface area (Å²) in [5.41, 5.74) is -0.524. The monoisotopic (exact) mass is 356 g/mol. The van der Waals surface area contributed by atoms with E-state index in [9.17, 15) is 14.7 Å². The predicted octanol–water partition coefficient (Wildman–Crippen LogP) is 0.447. The molecule has 2 rings (SSSR count). The van der Waals surface area contributed by atoms with Crippen molar-refractivity contribution in [3.05, 3.63) is 34.3 Å². The fraction of sp³-hybridized carbons (Fsp3) is 0.429. The van der Waals surface area contributed by atoms with Crippen molar-refractivity contribution >= 4 is 27.7 Å². The highest BCUT2D eigenvalue weighted by Gasteiger charge is 2.32. The summed E-state index contributed by atoms with van der Waals surface area (Å²) >= 11 is 3.28. The van der Waals surface area contributed by atoms with Crippen LogP contribution >= 0.6 is 15.9 Å². The Morgan fingerprint density at radius 3 is 2.86 bits per heavy atom. The number of nitrogens with one attached hydrogen (secondary N) is 2. The van der Waals surface area contributed by atoms with Crippen molar-refractivity contribution in [3.8, 4) is 0 Å². The first kappa shape index (κ1) is 15.9. The normalized spacial score (nSPS) is 21.0. The molecule has 1 saturated heterocycles. The van der Waals surface area contributed by atoms with Crippen molar-refractivity contribution in [2.24, 2.45) is 0 Å². The molecule has 7 heteroatoms. The lowest BCUT2D eigenvalue weighted by atomic mass is 10.0. The Hall–Kier alpha value is -1.44. The molecule has 21 heavy (non-hydrogen) atoms. The summed E-state index contributed by atoms with van der Waals surface area (Å²) in [4.78, 5) is 23.5. The van der Waals surface area contributed by atoms with Crippen molar-refractivity contribution < 1.29 is 19.4 Å². The summed E-state index contributed by atoms with van der Waals surface area (Å²) in [5, 5.41) is 15.1. The van der Waals surface area contributed by atoms with Crippen LogP contribution in [0.4, 0.5) is 0 Å². The lowest BCUT2D eigenvalue weighted by Gasteiger charge is -2.20. The SMILES string of the molecule is O=C(CNC(=O)c1cccc(Br)c1)NCC1(O)CCOC1. The quantitative estimate of drug-likeness (QED) is 0.714. The largest absolute Gasteiger partial charge is 0.386 e. The van der Waals surface area contributed by atoms with Crippen LogP contribution in [-0.2, 0) is 9.53 Å². The zero-order chi connectivity index (χ0) is 15.3. The number of hydrogen-bond acceptors (Lipinski definition) is 4. The molecule has 1 aromatic rings. The van der Waals surface area contributed by atoms with Gasteiger partial charge in [0, 0.05) is 29.6 Å². The van der Waals surface area contributed by atoms with Gasteiger partial charge in [0.2, 0.25) is 5.91 Å². The van der Waals surface area contributed by atoms with Gasteiger partial charge >= 0.3 is 0 Å². The van der Waals surface area contributed by atoms with Gasteiger partial charge in [0.1, 0.15) is 5.60 Å². The van der Waals surface area contributed by atoms with Gasteiger partial charge in [-0.2, -0.15) is 0 Å². The van der Waals surface area contributed by atoms with E-state index in [4.69, 9.17) is 4.74 Å². The van der Waals surface area contributed by atoms with Crippen LogP contribution in [-0.4, -0.2) is 48.8 Å². The number of halogens is 1. The Labute approximate surface area is 131 Å². The second-order valence-electron chi connectivity index (χ2n) is 5.00. The average molecular weight is 357 g/mol. The van der Waals surface area contributed by atoms with Crippen molar-refractivity contribution in [1.29, 1.82) is 0 Å². The van der Waals surface area contributed by atoms with Gasteiger partial charge in [-0.05, 0) is 18.2 Å². The van der Waals surface area contributed by atoms with Crippen LogP contribution in [0.1, 0.15) is 16.8 Å². The van der Waals surface area contributed by atoms with Crippen LogP contribution in [0.5, 0.6) is 0 Å². The third-order valence-electron chi connectivity index (χ3n) is 3.19. The Kier molecular flexibility index (Phi) is 5.33. The summed E-state index contributed by atoms with van der Waals surface area (Å²) < 4.78 is 5.88. The maximum atomic E-state index is 11.8. The Morgan fingerprint density at radius 1 is 1.38 bits per heavy atom. The standard InChI is InChI=1S/C14H17BrN2O4/c15-11-3-1-2-10(6-11)13(19)16-7-12(18)17-8-14(20)4-5-21-9-14/h1-3,6,20H,4-5,7-9H2,(H,16,19)(H,17,18). The summed E-state index contributed by atoms with van der Waals surface area (Å²) in [6.07, 6.45) is 0.498. The lowest BCUT2D eigenvalue weighted by molar-refractivity contribution is -0.121. The molecule has 0 radical (unpaired) electrons. The highest BCUT2D eigenvalue weighted by Crippen LogP contribution is 2.16. The van der Waals surface area contributed by atoms with Crippen LogP contribution in [0.25, 0.3) is 0 Å². The molecule has 6 nitrogen and oxygen atoms in total. The maximum Gasteiger partial charge on any atom is 0.251 e. The van der Waals surface area contributed by atoms with E-state index in [0.29, 0.717) is 18.6 Å². The van der Waals surface area contributed by atoms with Gasteiger partial charge in [-0.15, -0.1) is 0 Å². The van der Waals surface area contributed by atoms with Gasteiger partial charge in [0.25, 0.3) is 5.91 Å². The van der Waals surface area contributed by atoms with E-state index >= 15 is 0 Å². The molecule has 1 aromatic carbocycles. The molecule has 114 valence electrons. The first-order valence-corrected chi connectivity index (χ1v) is 7.38. The Balaban J connectivity index is 1.75. The third-order valence-corrected chi connectivity index (χ3v) is 3.69. The van der Waals surface area contributed by atoms with Gasteiger partial charge in [-0.25, -0.2) is 0 Å². The molecule has 1 aliphatic heterocycles. The molecule has 3 N–H and O–H groups in total. The fourth-order valence-electron chi connectivity index (χ4n) is 1.95. The maximum absolute atomic E-state index is 11.8. The highest BCUT2D eigenvalue weighted by molar-refractivity contribution is 9.10. The molecule has 1 heterocycles. The number of carbonyl (C=O) groups excluding carboxylic acids is 2. The van der Waals surface area contributed by atoms with Crippen molar-refractivity contribution in [2.45, 2.75) is 12.0 Å². The van der Waals surface area contributed by atoms with Gasteiger partial charge in [-0.3, -0.25) is 9.59 Å². The number of amides is 2. The first-order valence-electron chi connectivity index (χ1n) is 6.59. The zero-order valence-corrected chi connectivity index (χ0v) is 13.0. The molecular formula is C14H17BrN2O4. The zero-order valence-electron chi connectivity index (χ0n) is 11.4. The van der Waals surface area contributed by atoms with E-state index < -0.39 is 5.60 Å². The lowest BCUT2D eigenvalue weighted by Crippen LogP contribution is -2.46. The Bertz CT molecular complexity index is 529. The number of rotatable bonds is 5. The summed E-state index contributed by atoms with van der Waals surface area (Å²) in [5.74, 6) is -0.673. The van der Waals surface area contributed by atoms with Crippen LogP contribution < -0.4 is 10.6 Å². The van der Waals surface area contributed by atoms with Crippen molar-refractivity contribution in [1.82, 2.24) is 10.6 Å². The van der Waals surface area contributed by atoms with E-state index in [2.05, 4.69) is 26.6 Å². The fourth-order valence-corrected chi connectivity index (χ4v) is 2.35. The topological polar surface area (TPSA) is 87.7 Å². The molecule has 0 spiro atoms. The van der Waals surface area contributed by atoms with Crippen LogP contribution in [0.2, 0.25) is 0 Å². The highest BCUT2D eigenvalue weighted by atomic mass is 79.9. The van der Waals surface area contributed by atoms with E-state index in [1.807, 2.05) is 6.07 Å². The average Bonchev–Trinajstić information content (AvgIpc) is 2.90. The summed E-state index contributed by atoms with van der Waals surface area (Å²) in [6, 6.07) is 6.89. The summed E-state index contributed by atoms with van der Waals surface area (Å²) in [6.45, 7) is 0.699. The van der Waals surface area contributed by atoms with Crippen LogP contribution in [0.3, 0.4) is 0 Å². The molecule has 2 amide bonds. The molecular weight excluding hydrogens is 340 g/mol. The second kappa shape index (κ2) is 7.02. The number of carbonyl (C=O) groups is 2. The van der Waals surface area contributed by atoms with E-state index in [-0.39, 0.29) is 31.5 Å². The van der Waals surface area contributed by atoms with E-state index in [1.165, 1.54) is 0 Å². The Morgan fingerprint density at radius 2 is 2.19 bits per heavy atom. The molecule has 1 fully saturated rings. The number of ether oxygens (including phenoxy) is 1. The molecule has 1 aliphatic rings. The molecule has 0 bridgehead atoms. The minimum absolute atomic E-state index is 0.124. The van der Waals surface area contributed by atoms with Crippen LogP contribution in [0.15, 0.2) is 28.7 Å². The van der Waals surface area contributed by atoms with Crippen molar-refractivity contribution in [2.75, 3.05) is 26.3 Å². The predicted molar refractivity (Wildman–Crippen MR) is 79.9 cm³/mol. The van der Waals surface area contributed by atoms with E-state index in [1.54, 1.807) is 18.2 Å². The minimum Gasteiger partial charge on any atom is -0.386 e. The molecule has 1 unspecified atom stereocenters. The number of aliphatic hydroxyl groups is 1. The molecule has 0 saturated carbocycles. The molecule has 1 atom stereocenters. The van der Waals surface area contributed by atoms with Gasteiger partial charge in [0.15, 0.2) is 0 Å². The molecule has 0 aromatic heterocycles. The van der Waals surface area contributed by atoms with E-state index in [0.717, 1.165) is 4.47 Å². The second-order valence-corrected chi connectivity index (χ2v) is 5.91. The molecule has 0 aliphatic carbocycles. The van der Waals surface area contributed by atoms with Gasteiger partial charge in [-0.1, -0.05) is 22.0 Å². The van der Waals surface area contributed by atoms with Crippen molar-refractivity contribution in [3.63, 3.8) is 0 Å². The van der Waals surface area contributed by atoms with Crippen LogP contribution in [0, 0.1) is 0 Å².